The number of nitrogens with zero attached hydrogens (tertiary/aromatic N) is 3. The summed E-state index contributed by atoms with van der Waals surface area (Å²) in [5.74, 6) is -2.81. The first kappa shape index (κ1) is 23.2. The molecule has 0 fully saturated rings. The number of imide groups is 2. The summed E-state index contributed by atoms with van der Waals surface area (Å²) in [7, 11) is 0. The van der Waals surface area contributed by atoms with Crippen LogP contribution in [0.25, 0.3) is 10.9 Å². The van der Waals surface area contributed by atoms with Gasteiger partial charge in [-0.1, -0.05) is 42.5 Å². The fraction of sp³-hybridized carbons (Fsp3) is 0.103. The highest BCUT2D eigenvalue weighted by Gasteiger charge is 2.44. The van der Waals surface area contributed by atoms with Crippen LogP contribution in [0.3, 0.4) is 0 Å². The molecular formula is C29H20N4O5. The van der Waals surface area contributed by atoms with Gasteiger partial charge in [0.05, 0.1) is 33.5 Å². The number of rotatable bonds is 6. The van der Waals surface area contributed by atoms with Gasteiger partial charge < -0.3 is 5.32 Å². The number of amides is 5. The summed E-state index contributed by atoms with van der Waals surface area (Å²) >= 11 is 0. The van der Waals surface area contributed by atoms with Crippen molar-refractivity contribution in [3.05, 3.63) is 107 Å². The Bertz CT molecular complexity index is 1610. The highest BCUT2D eigenvalue weighted by atomic mass is 16.2. The molecule has 0 spiro atoms. The number of pyridine rings is 1. The molecule has 1 aromatic heterocycles. The number of aromatic nitrogens is 1. The van der Waals surface area contributed by atoms with Gasteiger partial charge in [0.25, 0.3) is 23.6 Å². The molecule has 1 atom stereocenters. The topological polar surface area (TPSA) is 117 Å². The molecule has 0 radical (unpaired) electrons. The van der Waals surface area contributed by atoms with Crippen LogP contribution < -0.4 is 5.32 Å². The van der Waals surface area contributed by atoms with Gasteiger partial charge >= 0.3 is 0 Å². The summed E-state index contributed by atoms with van der Waals surface area (Å²) < 4.78 is 0. The van der Waals surface area contributed by atoms with Crippen molar-refractivity contribution in [1.82, 2.24) is 14.8 Å². The van der Waals surface area contributed by atoms with E-state index in [1.165, 1.54) is 12.1 Å². The second kappa shape index (κ2) is 9.04. The molecule has 2 aliphatic rings. The molecule has 9 nitrogen and oxygen atoms in total. The predicted octanol–water partition coefficient (Wildman–Crippen LogP) is 3.52. The van der Waals surface area contributed by atoms with Crippen LogP contribution in [0.1, 0.15) is 47.9 Å². The normalized spacial score (nSPS) is 15.2. The average Bonchev–Trinajstić information content (AvgIpc) is 3.34. The van der Waals surface area contributed by atoms with Crippen LogP contribution in [-0.2, 0) is 4.79 Å². The summed E-state index contributed by atoms with van der Waals surface area (Å²) in [6.07, 6.45) is 1.46. The number of nitrogens with one attached hydrogen (secondary N) is 1. The van der Waals surface area contributed by atoms with Crippen molar-refractivity contribution in [3.8, 4) is 0 Å². The molecule has 3 heterocycles. The van der Waals surface area contributed by atoms with Crippen molar-refractivity contribution >= 4 is 46.1 Å². The number of anilines is 1. The highest BCUT2D eigenvalue weighted by Crippen LogP contribution is 2.29. The number of hydrogen-bond donors (Lipinski definition) is 1. The lowest BCUT2D eigenvalue weighted by molar-refractivity contribution is -0.120. The summed E-state index contributed by atoms with van der Waals surface area (Å²) in [5, 5.41) is 3.61. The van der Waals surface area contributed by atoms with E-state index in [-0.39, 0.29) is 35.2 Å². The van der Waals surface area contributed by atoms with E-state index in [4.69, 9.17) is 0 Å². The van der Waals surface area contributed by atoms with Crippen LogP contribution >= 0.6 is 0 Å². The van der Waals surface area contributed by atoms with Gasteiger partial charge in [0, 0.05) is 18.1 Å². The summed E-state index contributed by atoms with van der Waals surface area (Å²) in [6.45, 7) is -0.161. The molecule has 0 unspecified atom stereocenters. The molecule has 0 aliphatic carbocycles. The van der Waals surface area contributed by atoms with Crippen molar-refractivity contribution < 1.29 is 24.0 Å². The maximum absolute atomic E-state index is 13.7. The van der Waals surface area contributed by atoms with E-state index < -0.39 is 35.6 Å². The van der Waals surface area contributed by atoms with E-state index >= 15 is 0 Å². The summed E-state index contributed by atoms with van der Waals surface area (Å²) in [5.41, 5.74) is 1.91. The number of carbonyl (C=O) groups excluding carboxylic acids is 5. The molecule has 4 aromatic rings. The van der Waals surface area contributed by atoms with Gasteiger partial charge in [-0.25, -0.2) is 0 Å². The Kier molecular flexibility index (Phi) is 5.53. The lowest BCUT2D eigenvalue weighted by atomic mass is 10.1. The summed E-state index contributed by atoms with van der Waals surface area (Å²) in [4.78, 5) is 72.4. The molecule has 0 saturated carbocycles. The highest BCUT2D eigenvalue weighted by molar-refractivity contribution is 6.24. The lowest BCUT2D eigenvalue weighted by Crippen LogP contribution is -2.49. The molecule has 38 heavy (non-hydrogen) atoms. The van der Waals surface area contributed by atoms with Gasteiger partial charge in [0.15, 0.2) is 0 Å². The lowest BCUT2D eigenvalue weighted by Gasteiger charge is -2.27. The van der Waals surface area contributed by atoms with Crippen LogP contribution in [0.2, 0.25) is 0 Å². The number of para-hydroxylation sites is 1. The van der Waals surface area contributed by atoms with Crippen molar-refractivity contribution in [3.63, 3.8) is 0 Å². The van der Waals surface area contributed by atoms with Gasteiger partial charge in [-0.15, -0.1) is 0 Å². The minimum absolute atomic E-state index is 0.138. The molecule has 6 rings (SSSR count). The molecule has 9 heteroatoms. The predicted molar refractivity (Wildman–Crippen MR) is 138 cm³/mol. The van der Waals surface area contributed by atoms with Crippen LogP contribution in [0.4, 0.5) is 5.69 Å². The van der Waals surface area contributed by atoms with E-state index in [0.29, 0.717) is 11.2 Å². The molecule has 2 aliphatic heterocycles. The first-order valence-electron chi connectivity index (χ1n) is 12.0. The van der Waals surface area contributed by atoms with Gasteiger partial charge in [-0.3, -0.25) is 38.8 Å². The van der Waals surface area contributed by atoms with Gasteiger partial charge in [0.2, 0.25) is 5.91 Å². The second-order valence-corrected chi connectivity index (χ2v) is 9.01. The number of carbonyl (C=O) groups is 5. The Hall–Kier alpha value is -5.18. The minimum Gasteiger partial charge on any atom is -0.322 e. The first-order valence-corrected chi connectivity index (χ1v) is 12.0. The molecule has 1 N–H and O–H groups in total. The third kappa shape index (κ3) is 3.64. The molecular weight excluding hydrogens is 484 g/mol. The fourth-order valence-corrected chi connectivity index (χ4v) is 4.98. The molecule has 5 amide bonds. The zero-order valence-electron chi connectivity index (χ0n) is 20.0. The largest absolute Gasteiger partial charge is 0.322 e. The third-order valence-corrected chi connectivity index (χ3v) is 6.83. The van der Waals surface area contributed by atoms with E-state index in [1.807, 2.05) is 12.1 Å². The Morgan fingerprint density at radius 3 is 1.87 bits per heavy atom. The Balaban J connectivity index is 1.32. The van der Waals surface area contributed by atoms with Crippen molar-refractivity contribution in [1.29, 1.82) is 0 Å². The molecule has 186 valence electrons. The van der Waals surface area contributed by atoms with Crippen molar-refractivity contribution in [2.45, 2.75) is 12.5 Å². The zero-order chi connectivity index (χ0) is 26.4. The molecule has 3 aromatic carbocycles. The SMILES string of the molecule is O=C(Nc1cccc2cccnc12)[C@H](CCN1C(=O)c2ccccc2C1=O)N1C(=O)c2ccccc2C1=O. The van der Waals surface area contributed by atoms with Crippen LogP contribution in [0, 0.1) is 0 Å². The smallest absolute Gasteiger partial charge is 0.262 e. The van der Waals surface area contributed by atoms with E-state index in [1.54, 1.807) is 60.8 Å². The van der Waals surface area contributed by atoms with Gasteiger partial charge in [-0.05, 0) is 42.8 Å². The van der Waals surface area contributed by atoms with E-state index in [0.717, 1.165) is 15.2 Å². The van der Waals surface area contributed by atoms with Crippen molar-refractivity contribution in [2.24, 2.45) is 0 Å². The number of fused-ring (bicyclic) bond motifs is 3. The number of benzene rings is 3. The van der Waals surface area contributed by atoms with Crippen LogP contribution in [0.5, 0.6) is 0 Å². The number of hydrogen-bond acceptors (Lipinski definition) is 6. The monoisotopic (exact) mass is 504 g/mol. The van der Waals surface area contributed by atoms with Gasteiger partial charge in [0.1, 0.15) is 6.04 Å². The average molecular weight is 505 g/mol. The maximum atomic E-state index is 13.7. The summed E-state index contributed by atoms with van der Waals surface area (Å²) in [6, 6.07) is 20.4. The minimum atomic E-state index is -1.29. The molecule has 0 saturated heterocycles. The maximum Gasteiger partial charge on any atom is 0.262 e. The van der Waals surface area contributed by atoms with E-state index in [2.05, 4.69) is 10.3 Å². The fourth-order valence-electron chi connectivity index (χ4n) is 4.98. The molecule has 0 bridgehead atoms. The van der Waals surface area contributed by atoms with Crippen LogP contribution in [-0.4, -0.2) is 56.9 Å². The van der Waals surface area contributed by atoms with Crippen molar-refractivity contribution in [2.75, 3.05) is 11.9 Å². The Morgan fingerprint density at radius 1 is 0.711 bits per heavy atom. The quantitative estimate of drug-likeness (QED) is 0.402. The third-order valence-electron chi connectivity index (χ3n) is 6.83. The second-order valence-electron chi connectivity index (χ2n) is 9.01. The zero-order valence-corrected chi connectivity index (χ0v) is 20.0. The Labute approximate surface area is 216 Å². The first-order chi connectivity index (χ1) is 18.5. The standard InChI is InChI=1S/C29H20N4O5/c34-25(31-22-13-5-7-17-8-6-15-30-24(17)22)23(33-28(37)20-11-3-4-12-21(20)29(33)38)14-16-32-26(35)18-9-1-2-10-19(18)27(32)36/h1-13,15,23H,14,16H2,(H,31,34)/t23-/m0/s1. The van der Waals surface area contributed by atoms with Gasteiger partial charge in [-0.2, -0.15) is 0 Å². The van der Waals surface area contributed by atoms with Crippen LogP contribution in [0.15, 0.2) is 85.1 Å². The van der Waals surface area contributed by atoms with E-state index in [9.17, 15) is 24.0 Å². The Morgan fingerprint density at radius 2 is 1.26 bits per heavy atom.